The summed E-state index contributed by atoms with van der Waals surface area (Å²) in [5.74, 6) is 1.94. The maximum absolute atomic E-state index is 9.69. The Morgan fingerprint density at radius 3 is 2.80 bits per heavy atom. The van der Waals surface area contributed by atoms with Crippen molar-refractivity contribution < 1.29 is 5.11 Å². The van der Waals surface area contributed by atoms with Crippen LogP contribution in [0.4, 0.5) is 0 Å². The van der Waals surface area contributed by atoms with E-state index in [0.717, 1.165) is 0 Å². The number of aliphatic hydroxyl groups excluding tert-OH is 1. The van der Waals surface area contributed by atoms with E-state index in [4.69, 9.17) is 0 Å². The van der Waals surface area contributed by atoms with Crippen LogP contribution in [-0.4, -0.2) is 35.3 Å². The summed E-state index contributed by atoms with van der Waals surface area (Å²) in [5.41, 5.74) is 0.0803. The summed E-state index contributed by atoms with van der Waals surface area (Å²) in [5, 5.41) is 13.4. The molecule has 2 aliphatic rings. The molecule has 0 aliphatic heterocycles. The summed E-state index contributed by atoms with van der Waals surface area (Å²) in [7, 11) is 0. The van der Waals surface area contributed by atoms with Gasteiger partial charge in [-0.25, -0.2) is 0 Å². The van der Waals surface area contributed by atoms with Gasteiger partial charge in [-0.3, -0.25) is 0 Å². The molecule has 0 amide bonds. The van der Waals surface area contributed by atoms with Crippen LogP contribution in [0.1, 0.15) is 38.5 Å². The average molecular weight is 229 g/mol. The minimum atomic E-state index is 0.0803. The SMILES string of the molecule is CSCCC1CCCC1(CO)NC1CC1. The lowest BCUT2D eigenvalue weighted by Gasteiger charge is -2.35. The molecule has 2 nitrogen and oxygen atoms in total. The monoisotopic (exact) mass is 229 g/mol. The molecule has 2 atom stereocenters. The smallest absolute Gasteiger partial charge is 0.0616 e. The fraction of sp³-hybridized carbons (Fsp3) is 1.00. The zero-order chi connectivity index (χ0) is 10.7. The quantitative estimate of drug-likeness (QED) is 0.731. The Hall–Kier alpha value is 0.270. The molecule has 2 N–H and O–H groups in total. The Morgan fingerprint density at radius 1 is 1.40 bits per heavy atom. The number of aliphatic hydroxyl groups is 1. The second-order valence-electron chi connectivity index (χ2n) is 5.10. The van der Waals surface area contributed by atoms with E-state index in [1.54, 1.807) is 0 Å². The second-order valence-corrected chi connectivity index (χ2v) is 6.09. The van der Waals surface area contributed by atoms with Crippen LogP contribution in [0.25, 0.3) is 0 Å². The third kappa shape index (κ3) is 2.69. The highest BCUT2D eigenvalue weighted by Gasteiger charge is 2.44. The van der Waals surface area contributed by atoms with Gasteiger partial charge in [-0.1, -0.05) is 6.42 Å². The number of hydrogen-bond acceptors (Lipinski definition) is 3. The van der Waals surface area contributed by atoms with Crippen LogP contribution in [0.5, 0.6) is 0 Å². The van der Waals surface area contributed by atoms with Crippen molar-refractivity contribution >= 4 is 11.8 Å². The number of hydrogen-bond donors (Lipinski definition) is 2. The molecule has 0 aromatic rings. The van der Waals surface area contributed by atoms with Crippen LogP contribution in [0, 0.1) is 5.92 Å². The number of thioether (sulfide) groups is 1. The van der Waals surface area contributed by atoms with Gasteiger partial charge in [0.2, 0.25) is 0 Å². The van der Waals surface area contributed by atoms with E-state index in [2.05, 4.69) is 11.6 Å². The van der Waals surface area contributed by atoms with Crippen LogP contribution < -0.4 is 5.32 Å². The Morgan fingerprint density at radius 2 is 2.20 bits per heavy atom. The Balaban J connectivity index is 1.93. The molecule has 0 spiro atoms. The fourth-order valence-electron chi connectivity index (χ4n) is 2.90. The molecular formula is C12H23NOS. The minimum absolute atomic E-state index is 0.0803. The van der Waals surface area contributed by atoms with Gasteiger partial charge < -0.3 is 10.4 Å². The molecule has 0 bridgehead atoms. The van der Waals surface area contributed by atoms with E-state index >= 15 is 0 Å². The normalized spacial score (nSPS) is 36.0. The van der Waals surface area contributed by atoms with Crippen LogP contribution in [0.15, 0.2) is 0 Å². The third-order valence-corrected chi connectivity index (χ3v) is 4.62. The predicted molar refractivity (Wildman–Crippen MR) is 66.3 cm³/mol. The zero-order valence-electron chi connectivity index (χ0n) is 9.67. The van der Waals surface area contributed by atoms with Crippen molar-refractivity contribution in [3.63, 3.8) is 0 Å². The molecule has 2 unspecified atom stereocenters. The molecule has 3 heteroatoms. The van der Waals surface area contributed by atoms with Gasteiger partial charge >= 0.3 is 0 Å². The molecule has 0 heterocycles. The molecule has 2 saturated carbocycles. The first-order valence-corrected chi connectivity index (χ1v) is 7.57. The minimum Gasteiger partial charge on any atom is -0.394 e. The highest BCUT2D eigenvalue weighted by atomic mass is 32.2. The number of nitrogens with one attached hydrogen (secondary N) is 1. The summed E-state index contributed by atoms with van der Waals surface area (Å²) in [6, 6.07) is 0.715. The number of rotatable bonds is 6. The average Bonchev–Trinajstić information content (AvgIpc) is 2.96. The molecule has 15 heavy (non-hydrogen) atoms. The lowest BCUT2D eigenvalue weighted by molar-refractivity contribution is 0.120. The topological polar surface area (TPSA) is 32.3 Å². The highest BCUT2D eigenvalue weighted by Crippen LogP contribution is 2.40. The standard InChI is InChI=1S/C12H23NOS/c1-15-8-6-10-3-2-7-12(10,9-14)13-11-4-5-11/h10-11,13-14H,2-9H2,1H3. The molecule has 2 rings (SSSR count). The maximum atomic E-state index is 9.69. The van der Waals surface area contributed by atoms with Gasteiger partial charge in [0, 0.05) is 11.6 Å². The van der Waals surface area contributed by atoms with Gasteiger partial charge in [0.25, 0.3) is 0 Å². The summed E-state index contributed by atoms with van der Waals surface area (Å²) in [6.07, 6.45) is 9.85. The van der Waals surface area contributed by atoms with Gasteiger partial charge in [-0.05, 0) is 50.0 Å². The lowest BCUT2D eigenvalue weighted by atomic mass is 9.85. The highest BCUT2D eigenvalue weighted by molar-refractivity contribution is 7.98. The fourth-order valence-corrected chi connectivity index (χ4v) is 3.42. The van der Waals surface area contributed by atoms with Crippen molar-refractivity contribution in [2.75, 3.05) is 18.6 Å². The lowest BCUT2D eigenvalue weighted by Crippen LogP contribution is -2.52. The first-order chi connectivity index (χ1) is 7.30. The van der Waals surface area contributed by atoms with Gasteiger partial charge in [0.05, 0.1) is 6.61 Å². The van der Waals surface area contributed by atoms with E-state index in [1.807, 2.05) is 11.8 Å². The molecule has 2 fully saturated rings. The molecule has 2 aliphatic carbocycles. The zero-order valence-corrected chi connectivity index (χ0v) is 10.5. The Labute approximate surface area is 97.2 Å². The molecule has 88 valence electrons. The molecule has 0 aromatic carbocycles. The van der Waals surface area contributed by atoms with Gasteiger partial charge in [-0.15, -0.1) is 0 Å². The largest absolute Gasteiger partial charge is 0.394 e. The summed E-state index contributed by atoms with van der Waals surface area (Å²) in [6.45, 7) is 0.336. The van der Waals surface area contributed by atoms with Crippen LogP contribution in [0.2, 0.25) is 0 Å². The van der Waals surface area contributed by atoms with E-state index in [-0.39, 0.29) is 5.54 Å². The van der Waals surface area contributed by atoms with Crippen molar-refractivity contribution in [1.82, 2.24) is 5.32 Å². The van der Waals surface area contributed by atoms with Crippen LogP contribution in [-0.2, 0) is 0 Å². The van der Waals surface area contributed by atoms with E-state index in [9.17, 15) is 5.11 Å². The first kappa shape index (κ1) is 11.7. The van der Waals surface area contributed by atoms with Gasteiger partial charge in [0.1, 0.15) is 0 Å². The molecule has 0 radical (unpaired) electrons. The summed E-state index contributed by atoms with van der Waals surface area (Å²) in [4.78, 5) is 0. The molecule has 0 saturated heterocycles. The van der Waals surface area contributed by atoms with Crippen LogP contribution >= 0.6 is 11.8 Å². The second kappa shape index (κ2) is 5.07. The summed E-state index contributed by atoms with van der Waals surface area (Å²) >= 11 is 1.92. The van der Waals surface area contributed by atoms with Crippen molar-refractivity contribution in [3.05, 3.63) is 0 Å². The predicted octanol–water partition coefficient (Wildman–Crippen LogP) is 2.02. The van der Waals surface area contributed by atoms with Crippen molar-refractivity contribution in [1.29, 1.82) is 0 Å². The van der Waals surface area contributed by atoms with Crippen molar-refractivity contribution in [3.8, 4) is 0 Å². The Bertz CT molecular complexity index is 208. The van der Waals surface area contributed by atoms with Crippen molar-refractivity contribution in [2.24, 2.45) is 5.92 Å². The van der Waals surface area contributed by atoms with Crippen LogP contribution in [0.3, 0.4) is 0 Å². The van der Waals surface area contributed by atoms with Crippen molar-refractivity contribution in [2.45, 2.75) is 50.1 Å². The van der Waals surface area contributed by atoms with E-state index in [1.165, 1.54) is 44.3 Å². The third-order valence-electron chi connectivity index (χ3n) is 3.98. The van der Waals surface area contributed by atoms with E-state index < -0.39 is 0 Å². The molecule has 0 aromatic heterocycles. The van der Waals surface area contributed by atoms with Gasteiger partial charge in [0.15, 0.2) is 0 Å². The van der Waals surface area contributed by atoms with E-state index in [0.29, 0.717) is 18.6 Å². The van der Waals surface area contributed by atoms with Gasteiger partial charge in [-0.2, -0.15) is 11.8 Å². The first-order valence-electron chi connectivity index (χ1n) is 6.18. The molecular weight excluding hydrogens is 206 g/mol. The maximum Gasteiger partial charge on any atom is 0.0616 e. The Kier molecular flexibility index (Phi) is 3.97. The summed E-state index contributed by atoms with van der Waals surface area (Å²) < 4.78 is 0.